The molecule has 0 aliphatic heterocycles. The SMILES string of the molecule is CC[C@@H](C)NC(=O)N(C)Cc1nc2cc(C(=O)N(C)C)ccc2n1C. The summed E-state index contributed by atoms with van der Waals surface area (Å²) in [6, 6.07) is 5.50. The molecule has 0 fully saturated rings. The summed E-state index contributed by atoms with van der Waals surface area (Å²) in [7, 11) is 7.11. The molecule has 2 aromatic rings. The maximum atomic E-state index is 12.2. The van der Waals surface area contributed by atoms with E-state index in [-0.39, 0.29) is 18.0 Å². The summed E-state index contributed by atoms with van der Waals surface area (Å²) >= 11 is 0. The number of rotatable bonds is 5. The fraction of sp³-hybridized carbons (Fsp3) is 0.500. The molecule has 0 saturated carbocycles. The molecule has 1 aromatic carbocycles. The van der Waals surface area contributed by atoms with Gasteiger partial charge in [-0.25, -0.2) is 9.78 Å². The van der Waals surface area contributed by atoms with E-state index < -0.39 is 0 Å². The number of hydrogen-bond acceptors (Lipinski definition) is 3. The van der Waals surface area contributed by atoms with Gasteiger partial charge < -0.3 is 19.7 Å². The highest BCUT2D eigenvalue weighted by molar-refractivity contribution is 5.97. The van der Waals surface area contributed by atoms with E-state index in [1.165, 1.54) is 4.90 Å². The van der Waals surface area contributed by atoms with Crippen molar-refractivity contribution in [2.75, 3.05) is 21.1 Å². The molecule has 1 N–H and O–H groups in total. The standard InChI is InChI=1S/C18H27N5O2/c1-7-12(2)19-18(25)22(5)11-16-20-14-10-13(17(24)21(3)4)8-9-15(14)23(16)6/h8-10,12H,7,11H2,1-6H3,(H,19,25)/t12-/m1/s1. The lowest BCUT2D eigenvalue weighted by Gasteiger charge is -2.20. The number of fused-ring (bicyclic) bond motifs is 1. The van der Waals surface area contributed by atoms with Crippen LogP contribution in [0.1, 0.15) is 36.5 Å². The smallest absolute Gasteiger partial charge is 0.317 e. The van der Waals surface area contributed by atoms with Gasteiger partial charge in [0.05, 0.1) is 17.6 Å². The zero-order chi connectivity index (χ0) is 18.7. The average molecular weight is 345 g/mol. The van der Waals surface area contributed by atoms with Gasteiger partial charge in [-0.15, -0.1) is 0 Å². The van der Waals surface area contributed by atoms with Gasteiger partial charge in [0.1, 0.15) is 5.82 Å². The normalized spacial score (nSPS) is 12.1. The number of urea groups is 1. The van der Waals surface area contributed by atoms with Crippen LogP contribution in [0.4, 0.5) is 4.79 Å². The Balaban J connectivity index is 2.23. The highest BCUT2D eigenvalue weighted by Crippen LogP contribution is 2.18. The first-order valence-electron chi connectivity index (χ1n) is 8.43. The van der Waals surface area contributed by atoms with Crippen LogP contribution in [0.15, 0.2) is 18.2 Å². The number of carbonyl (C=O) groups is 2. The third-order valence-electron chi connectivity index (χ3n) is 4.33. The Bertz CT molecular complexity index is 781. The third-order valence-corrected chi connectivity index (χ3v) is 4.33. The maximum absolute atomic E-state index is 12.2. The molecule has 0 aliphatic carbocycles. The molecule has 0 aliphatic rings. The van der Waals surface area contributed by atoms with E-state index in [2.05, 4.69) is 10.3 Å². The van der Waals surface area contributed by atoms with Crippen molar-refractivity contribution >= 4 is 23.0 Å². The highest BCUT2D eigenvalue weighted by Gasteiger charge is 2.16. The molecule has 136 valence electrons. The van der Waals surface area contributed by atoms with Gasteiger partial charge in [0.15, 0.2) is 0 Å². The Hall–Kier alpha value is -2.57. The molecular formula is C18H27N5O2. The molecule has 2 rings (SSSR count). The van der Waals surface area contributed by atoms with Crippen LogP contribution < -0.4 is 5.32 Å². The second kappa shape index (κ2) is 7.55. The number of nitrogens with zero attached hydrogens (tertiary/aromatic N) is 4. The lowest BCUT2D eigenvalue weighted by molar-refractivity contribution is 0.0827. The van der Waals surface area contributed by atoms with E-state index in [1.54, 1.807) is 38.2 Å². The van der Waals surface area contributed by atoms with Crippen LogP contribution in [0.3, 0.4) is 0 Å². The van der Waals surface area contributed by atoms with Crippen LogP contribution in [0, 0.1) is 0 Å². The van der Waals surface area contributed by atoms with Crippen LogP contribution >= 0.6 is 0 Å². The second-order valence-corrected chi connectivity index (χ2v) is 6.60. The van der Waals surface area contributed by atoms with E-state index >= 15 is 0 Å². The third kappa shape index (κ3) is 4.10. The lowest BCUT2D eigenvalue weighted by atomic mass is 10.2. The van der Waals surface area contributed by atoms with Crippen molar-refractivity contribution in [2.24, 2.45) is 7.05 Å². The van der Waals surface area contributed by atoms with Crippen LogP contribution in [0.25, 0.3) is 11.0 Å². The number of benzene rings is 1. The van der Waals surface area contributed by atoms with Crippen LogP contribution in [-0.2, 0) is 13.6 Å². The van der Waals surface area contributed by atoms with Gasteiger partial charge in [0.25, 0.3) is 5.91 Å². The molecule has 7 nitrogen and oxygen atoms in total. The topological polar surface area (TPSA) is 70.5 Å². The van der Waals surface area contributed by atoms with Crippen molar-refractivity contribution in [1.82, 2.24) is 24.7 Å². The molecule has 7 heteroatoms. The van der Waals surface area contributed by atoms with E-state index in [1.807, 2.05) is 31.5 Å². The molecule has 0 spiro atoms. The van der Waals surface area contributed by atoms with Crippen molar-refractivity contribution in [3.63, 3.8) is 0 Å². The summed E-state index contributed by atoms with van der Waals surface area (Å²) in [4.78, 5) is 32.1. The minimum atomic E-state index is -0.120. The van der Waals surface area contributed by atoms with Gasteiger partial charge in [0, 0.05) is 39.8 Å². The number of nitrogens with one attached hydrogen (secondary N) is 1. The molecule has 1 aromatic heterocycles. The number of carbonyl (C=O) groups excluding carboxylic acids is 2. The van der Waals surface area contributed by atoms with E-state index in [0.717, 1.165) is 23.3 Å². The van der Waals surface area contributed by atoms with Gasteiger partial charge in [-0.2, -0.15) is 0 Å². The first-order valence-corrected chi connectivity index (χ1v) is 8.43. The van der Waals surface area contributed by atoms with Crippen LogP contribution in [0.5, 0.6) is 0 Å². The Morgan fingerprint density at radius 1 is 1.28 bits per heavy atom. The summed E-state index contributed by atoms with van der Waals surface area (Å²) in [5.41, 5.74) is 2.28. The number of aryl methyl sites for hydroxylation is 1. The Labute approximate surface area is 148 Å². The summed E-state index contributed by atoms with van der Waals surface area (Å²) in [5, 5.41) is 2.94. The number of aromatic nitrogens is 2. The summed E-state index contributed by atoms with van der Waals surface area (Å²) in [6.45, 7) is 4.40. The van der Waals surface area contributed by atoms with E-state index in [0.29, 0.717) is 12.1 Å². The molecule has 0 saturated heterocycles. The molecule has 3 amide bonds. The zero-order valence-corrected chi connectivity index (χ0v) is 15.8. The van der Waals surface area contributed by atoms with Gasteiger partial charge >= 0.3 is 6.03 Å². The molecule has 1 heterocycles. The average Bonchev–Trinajstić information content (AvgIpc) is 2.89. The van der Waals surface area contributed by atoms with E-state index in [9.17, 15) is 9.59 Å². The zero-order valence-electron chi connectivity index (χ0n) is 15.8. The Morgan fingerprint density at radius 2 is 1.96 bits per heavy atom. The molecule has 0 radical (unpaired) electrons. The molecular weight excluding hydrogens is 318 g/mol. The van der Waals surface area contributed by atoms with Crippen molar-refractivity contribution in [3.05, 3.63) is 29.6 Å². The van der Waals surface area contributed by atoms with Crippen molar-refractivity contribution in [2.45, 2.75) is 32.9 Å². The number of imidazole rings is 1. The van der Waals surface area contributed by atoms with Crippen molar-refractivity contribution in [1.29, 1.82) is 0 Å². The molecule has 0 bridgehead atoms. The maximum Gasteiger partial charge on any atom is 0.317 e. The van der Waals surface area contributed by atoms with Gasteiger partial charge in [0.2, 0.25) is 0 Å². The monoisotopic (exact) mass is 345 g/mol. The van der Waals surface area contributed by atoms with Gasteiger partial charge in [-0.3, -0.25) is 4.79 Å². The van der Waals surface area contributed by atoms with Crippen molar-refractivity contribution < 1.29 is 9.59 Å². The van der Waals surface area contributed by atoms with Crippen LogP contribution in [-0.4, -0.2) is 58.5 Å². The van der Waals surface area contributed by atoms with Gasteiger partial charge in [-0.05, 0) is 31.5 Å². The largest absolute Gasteiger partial charge is 0.345 e. The second-order valence-electron chi connectivity index (χ2n) is 6.60. The number of amides is 3. The van der Waals surface area contributed by atoms with Crippen LogP contribution in [0.2, 0.25) is 0 Å². The van der Waals surface area contributed by atoms with Gasteiger partial charge in [-0.1, -0.05) is 6.92 Å². The molecule has 25 heavy (non-hydrogen) atoms. The Kier molecular flexibility index (Phi) is 5.66. The minimum Gasteiger partial charge on any atom is -0.345 e. The highest BCUT2D eigenvalue weighted by atomic mass is 16.2. The summed E-state index contributed by atoms with van der Waals surface area (Å²) in [5.74, 6) is 0.713. The minimum absolute atomic E-state index is 0.0563. The first-order chi connectivity index (χ1) is 11.7. The quantitative estimate of drug-likeness (QED) is 0.903. The fourth-order valence-electron chi connectivity index (χ4n) is 2.49. The molecule has 0 unspecified atom stereocenters. The fourth-order valence-corrected chi connectivity index (χ4v) is 2.49. The summed E-state index contributed by atoms with van der Waals surface area (Å²) in [6.07, 6.45) is 0.883. The molecule has 1 atom stereocenters. The van der Waals surface area contributed by atoms with Crippen molar-refractivity contribution in [3.8, 4) is 0 Å². The predicted molar refractivity (Wildman–Crippen MR) is 98.5 cm³/mol. The number of hydrogen-bond donors (Lipinski definition) is 1. The Morgan fingerprint density at radius 3 is 2.56 bits per heavy atom. The predicted octanol–water partition coefficient (Wildman–Crippen LogP) is 2.21. The lowest BCUT2D eigenvalue weighted by Crippen LogP contribution is -2.41. The van der Waals surface area contributed by atoms with E-state index in [4.69, 9.17) is 0 Å². The summed E-state index contributed by atoms with van der Waals surface area (Å²) < 4.78 is 1.95. The first kappa shape index (κ1) is 18.8.